The third-order valence-electron chi connectivity index (χ3n) is 1.13. The van der Waals surface area contributed by atoms with E-state index in [4.69, 9.17) is 5.11 Å². The first-order valence-corrected chi connectivity index (χ1v) is 2.90. The van der Waals surface area contributed by atoms with Crippen LogP contribution < -0.4 is 0 Å². The molecule has 0 aliphatic heterocycles. The average Bonchev–Trinajstić information content (AvgIpc) is 2.05. The molecule has 0 amide bonds. The molecule has 56 valence electrons. The number of hydrogen-bond acceptors (Lipinski definition) is 3. The van der Waals surface area contributed by atoms with Crippen LogP contribution in [0.15, 0.2) is 25.2 Å². The van der Waals surface area contributed by atoms with Crippen molar-refractivity contribution in [1.29, 1.82) is 0 Å². The monoisotopic (exact) mass is 150 g/mol. The second-order valence-corrected chi connectivity index (χ2v) is 1.87. The minimum absolute atomic E-state index is 0.0434. The highest BCUT2D eigenvalue weighted by Gasteiger charge is 2.06. The van der Waals surface area contributed by atoms with E-state index in [2.05, 4.69) is 16.5 Å². The highest BCUT2D eigenvalue weighted by atomic mass is 16.4. The molecule has 0 saturated carbocycles. The Morgan fingerprint density at radius 1 is 1.55 bits per heavy atom. The Balaban J connectivity index is 2.95. The lowest BCUT2D eigenvalue weighted by Gasteiger charge is -1.95. The van der Waals surface area contributed by atoms with E-state index in [-0.39, 0.29) is 5.57 Å². The van der Waals surface area contributed by atoms with Gasteiger partial charge in [0.15, 0.2) is 0 Å². The number of carbonyl (C=O) groups is 1. The van der Waals surface area contributed by atoms with Crippen LogP contribution in [0, 0.1) is 0 Å². The molecule has 11 heavy (non-hydrogen) atoms. The first-order valence-electron chi connectivity index (χ1n) is 2.90. The molecule has 0 radical (unpaired) electrons. The van der Waals surface area contributed by atoms with Crippen LogP contribution in [0.2, 0.25) is 0 Å². The molecule has 0 unspecified atom stereocenters. The van der Waals surface area contributed by atoms with Gasteiger partial charge in [-0.3, -0.25) is 9.97 Å². The van der Waals surface area contributed by atoms with Gasteiger partial charge in [0, 0.05) is 12.4 Å². The predicted molar refractivity (Wildman–Crippen MR) is 38.7 cm³/mol. The summed E-state index contributed by atoms with van der Waals surface area (Å²) in [7, 11) is 0. The summed E-state index contributed by atoms with van der Waals surface area (Å²) in [6.07, 6.45) is 4.25. The Kier molecular flexibility index (Phi) is 1.96. The van der Waals surface area contributed by atoms with E-state index in [0.29, 0.717) is 5.69 Å². The van der Waals surface area contributed by atoms with Crippen LogP contribution in [0.25, 0.3) is 5.57 Å². The summed E-state index contributed by atoms with van der Waals surface area (Å²) in [5.41, 5.74) is 0.248. The smallest absolute Gasteiger partial charge is 0.337 e. The number of hydrogen-bond donors (Lipinski definition) is 1. The SMILES string of the molecule is C=C(C(=O)O)c1cnccn1. The van der Waals surface area contributed by atoms with Crippen molar-refractivity contribution < 1.29 is 9.90 Å². The Morgan fingerprint density at radius 3 is 2.73 bits per heavy atom. The van der Waals surface area contributed by atoms with E-state index in [1.54, 1.807) is 0 Å². The molecule has 0 bridgehead atoms. The summed E-state index contributed by atoms with van der Waals surface area (Å²) >= 11 is 0. The van der Waals surface area contributed by atoms with E-state index in [1.165, 1.54) is 18.6 Å². The van der Waals surface area contributed by atoms with Gasteiger partial charge in [0.05, 0.1) is 17.5 Å². The lowest BCUT2D eigenvalue weighted by Crippen LogP contribution is -1.99. The van der Waals surface area contributed by atoms with Crippen LogP contribution in [0.5, 0.6) is 0 Å². The van der Waals surface area contributed by atoms with Gasteiger partial charge in [0.2, 0.25) is 0 Å². The molecule has 4 heteroatoms. The molecule has 1 heterocycles. The van der Waals surface area contributed by atoms with Crippen LogP contribution in [-0.4, -0.2) is 21.0 Å². The third kappa shape index (κ3) is 1.61. The summed E-state index contributed by atoms with van der Waals surface area (Å²) in [5.74, 6) is -1.08. The van der Waals surface area contributed by atoms with E-state index in [1.807, 2.05) is 0 Å². The zero-order valence-electron chi connectivity index (χ0n) is 5.69. The fourth-order valence-corrected chi connectivity index (χ4v) is 0.564. The van der Waals surface area contributed by atoms with Crippen molar-refractivity contribution in [2.45, 2.75) is 0 Å². The van der Waals surface area contributed by atoms with Gasteiger partial charge in [-0.1, -0.05) is 6.58 Å². The number of carboxylic acid groups (broad SMARTS) is 1. The van der Waals surface area contributed by atoms with Crippen molar-refractivity contribution in [2.24, 2.45) is 0 Å². The Bertz CT molecular complexity index is 282. The summed E-state index contributed by atoms with van der Waals surface area (Å²) in [5, 5.41) is 8.47. The second-order valence-electron chi connectivity index (χ2n) is 1.87. The first-order chi connectivity index (χ1) is 5.22. The van der Waals surface area contributed by atoms with Gasteiger partial charge in [-0.2, -0.15) is 0 Å². The number of aliphatic carboxylic acids is 1. The van der Waals surface area contributed by atoms with Gasteiger partial charge < -0.3 is 5.11 Å². The molecule has 1 aromatic rings. The van der Waals surface area contributed by atoms with Gasteiger partial charge >= 0.3 is 5.97 Å². The second kappa shape index (κ2) is 2.92. The number of nitrogens with zero attached hydrogens (tertiary/aromatic N) is 2. The van der Waals surface area contributed by atoms with Gasteiger partial charge in [-0.05, 0) is 0 Å². The highest BCUT2D eigenvalue weighted by molar-refractivity contribution is 6.13. The van der Waals surface area contributed by atoms with Gasteiger partial charge in [0.25, 0.3) is 0 Å². The number of aromatic nitrogens is 2. The maximum Gasteiger partial charge on any atom is 0.337 e. The van der Waals surface area contributed by atoms with Crippen LogP contribution in [0.4, 0.5) is 0 Å². The first kappa shape index (κ1) is 7.40. The summed E-state index contributed by atoms with van der Waals surface area (Å²) in [4.78, 5) is 17.8. The molecular formula is C7H6N2O2. The van der Waals surface area contributed by atoms with E-state index in [9.17, 15) is 4.79 Å². The third-order valence-corrected chi connectivity index (χ3v) is 1.13. The molecule has 1 aromatic heterocycles. The van der Waals surface area contributed by atoms with Crippen molar-refractivity contribution in [2.75, 3.05) is 0 Å². The zero-order valence-corrected chi connectivity index (χ0v) is 5.69. The zero-order chi connectivity index (χ0) is 8.27. The van der Waals surface area contributed by atoms with E-state index >= 15 is 0 Å². The lowest BCUT2D eigenvalue weighted by atomic mass is 10.2. The van der Waals surface area contributed by atoms with Crippen LogP contribution in [-0.2, 0) is 4.79 Å². The largest absolute Gasteiger partial charge is 0.478 e. The maximum atomic E-state index is 10.3. The molecule has 0 aliphatic rings. The summed E-state index contributed by atoms with van der Waals surface area (Å²) < 4.78 is 0. The minimum atomic E-state index is -1.08. The molecule has 4 nitrogen and oxygen atoms in total. The van der Waals surface area contributed by atoms with Crippen LogP contribution in [0.3, 0.4) is 0 Å². The number of rotatable bonds is 2. The summed E-state index contributed by atoms with van der Waals surface area (Å²) in [6.45, 7) is 3.32. The minimum Gasteiger partial charge on any atom is -0.478 e. The van der Waals surface area contributed by atoms with Gasteiger partial charge in [-0.15, -0.1) is 0 Å². The van der Waals surface area contributed by atoms with E-state index < -0.39 is 5.97 Å². The highest BCUT2D eigenvalue weighted by Crippen LogP contribution is 2.05. The van der Waals surface area contributed by atoms with Crippen molar-refractivity contribution >= 4 is 11.5 Å². The van der Waals surface area contributed by atoms with Crippen molar-refractivity contribution in [3.8, 4) is 0 Å². The number of carboxylic acids is 1. The molecule has 0 spiro atoms. The standard InChI is InChI=1S/C7H6N2O2/c1-5(7(10)11)6-4-8-2-3-9-6/h2-4H,1H2,(H,10,11). The fraction of sp³-hybridized carbons (Fsp3) is 0. The van der Waals surface area contributed by atoms with E-state index in [0.717, 1.165) is 0 Å². The normalized spacial score (nSPS) is 9.09. The molecule has 1 N–H and O–H groups in total. The van der Waals surface area contributed by atoms with Crippen molar-refractivity contribution in [3.63, 3.8) is 0 Å². The van der Waals surface area contributed by atoms with Gasteiger partial charge in [0.1, 0.15) is 0 Å². The summed E-state index contributed by atoms with van der Waals surface area (Å²) in [6, 6.07) is 0. The molecule has 1 rings (SSSR count). The quantitative estimate of drug-likeness (QED) is 0.626. The van der Waals surface area contributed by atoms with Crippen molar-refractivity contribution in [1.82, 2.24) is 9.97 Å². The van der Waals surface area contributed by atoms with Crippen LogP contribution >= 0.6 is 0 Å². The Morgan fingerprint density at radius 2 is 2.27 bits per heavy atom. The molecule has 0 atom stereocenters. The fourth-order valence-electron chi connectivity index (χ4n) is 0.564. The topological polar surface area (TPSA) is 63.1 Å². The molecule has 0 aromatic carbocycles. The maximum absolute atomic E-state index is 10.3. The Hall–Kier alpha value is -1.71. The van der Waals surface area contributed by atoms with Crippen LogP contribution in [0.1, 0.15) is 5.69 Å². The van der Waals surface area contributed by atoms with Crippen molar-refractivity contribution in [3.05, 3.63) is 30.9 Å². The Labute approximate surface area is 63.2 Å². The lowest BCUT2D eigenvalue weighted by molar-refractivity contribution is -0.130. The molecular weight excluding hydrogens is 144 g/mol. The molecule has 0 aliphatic carbocycles. The van der Waals surface area contributed by atoms with Gasteiger partial charge in [-0.25, -0.2) is 4.79 Å². The average molecular weight is 150 g/mol. The molecule has 0 saturated heterocycles. The molecule has 0 fully saturated rings. The predicted octanol–water partition coefficient (Wildman–Crippen LogP) is 0.574.